The summed E-state index contributed by atoms with van der Waals surface area (Å²) < 4.78 is 39.2. The Balaban J connectivity index is 2.63. The summed E-state index contributed by atoms with van der Waals surface area (Å²) in [5, 5.41) is 13.5. The molecule has 1 aliphatic carbocycles. The van der Waals surface area contributed by atoms with Gasteiger partial charge in [-0.25, -0.2) is 0 Å². The fraction of sp³-hybridized carbons (Fsp3) is 0.700. The highest BCUT2D eigenvalue weighted by molar-refractivity contribution is 5.34. The second kappa shape index (κ2) is 3.23. The number of aryl methyl sites for hydroxylation is 1. The zero-order valence-corrected chi connectivity index (χ0v) is 9.10. The molecule has 1 aromatic heterocycles. The molecule has 1 atom stereocenters. The second-order valence-corrected chi connectivity index (χ2v) is 4.42. The van der Waals surface area contributed by atoms with E-state index in [1.165, 1.54) is 14.0 Å². The molecule has 1 aliphatic rings. The Labute approximate surface area is 90.9 Å². The van der Waals surface area contributed by atoms with Crippen LogP contribution in [0, 0.1) is 0 Å². The van der Waals surface area contributed by atoms with Crippen LogP contribution in [0.4, 0.5) is 13.2 Å². The van der Waals surface area contributed by atoms with Gasteiger partial charge in [-0.2, -0.15) is 18.3 Å². The average molecular weight is 234 g/mol. The van der Waals surface area contributed by atoms with E-state index in [4.69, 9.17) is 0 Å². The maximum absolute atomic E-state index is 12.7. The molecule has 3 nitrogen and oxygen atoms in total. The van der Waals surface area contributed by atoms with Crippen molar-refractivity contribution in [2.24, 2.45) is 7.05 Å². The molecular weight excluding hydrogens is 221 g/mol. The highest BCUT2D eigenvalue weighted by atomic mass is 19.4. The lowest BCUT2D eigenvalue weighted by molar-refractivity contribution is -0.142. The lowest BCUT2D eigenvalue weighted by Gasteiger charge is -2.29. The number of nitrogens with zero attached hydrogens (tertiary/aromatic N) is 2. The number of alkyl halides is 3. The third kappa shape index (κ3) is 1.61. The first-order valence-corrected chi connectivity index (χ1v) is 5.09. The smallest absolute Gasteiger partial charge is 0.384 e. The quantitative estimate of drug-likeness (QED) is 0.745. The number of halogens is 3. The number of hydrogen-bond donors (Lipinski definition) is 1. The number of rotatable bonds is 0. The van der Waals surface area contributed by atoms with E-state index >= 15 is 0 Å². The first-order chi connectivity index (χ1) is 7.23. The number of aliphatic hydroxyl groups is 1. The maximum Gasteiger partial charge on any atom is 0.435 e. The van der Waals surface area contributed by atoms with Gasteiger partial charge in [-0.05, 0) is 26.2 Å². The summed E-state index contributed by atoms with van der Waals surface area (Å²) in [5.41, 5.74) is -1.62. The van der Waals surface area contributed by atoms with Crippen LogP contribution in [0.25, 0.3) is 0 Å². The number of aromatic nitrogens is 2. The summed E-state index contributed by atoms with van der Waals surface area (Å²) in [7, 11) is 1.44. The van der Waals surface area contributed by atoms with E-state index in [0.29, 0.717) is 25.0 Å². The van der Waals surface area contributed by atoms with Crippen LogP contribution in [0.2, 0.25) is 0 Å². The van der Waals surface area contributed by atoms with Crippen LogP contribution < -0.4 is 0 Å². The van der Waals surface area contributed by atoms with Gasteiger partial charge in [0.2, 0.25) is 0 Å². The SMILES string of the molecule is Cn1nc(C(F)(F)F)c2c1C(C)(O)CCC2. The Morgan fingerprint density at radius 1 is 1.44 bits per heavy atom. The van der Waals surface area contributed by atoms with E-state index in [2.05, 4.69) is 5.10 Å². The summed E-state index contributed by atoms with van der Waals surface area (Å²) in [6, 6.07) is 0. The first-order valence-electron chi connectivity index (χ1n) is 5.09. The Kier molecular flexibility index (Phi) is 2.31. The third-order valence-electron chi connectivity index (χ3n) is 3.01. The molecule has 0 radical (unpaired) electrons. The van der Waals surface area contributed by atoms with Crippen LogP contribution >= 0.6 is 0 Å². The van der Waals surface area contributed by atoms with Crippen molar-refractivity contribution in [3.05, 3.63) is 17.0 Å². The fourth-order valence-corrected chi connectivity index (χ4v) is 2.43. The molecule has 1 heterocycles. The lowest BCUT2D eigenvalue weighted by atomic mass is 9.84. The molecule has 0 spiro atoms. The van der Waals surface area contributed by atoms with Crippen LogP contribution in [-0.4, -0.2) is 14.9 Å². The Hall–Kier alpha value is -1.04. The monoisotopic (exact) mass is 234 g/mol. The van der Waals surface area contributed by atoms with E-state index in [9.17, 15) is 18.3 Å². The van der Waals surface area contributed by atoms with Crippen molar-refractivity contribution in [3.8, 4) is 0 Å². The lowest BCUT2D eigenvalue weighted by Crippen LogP contribution is -2.29. The van der Waals surface area contributed by atoms with Crippen LogP contribution in [-0.2, 0) is 25.2 Å². The maximum atomic E-state index is 12.7. The van der Waals surface area contributed by atoms with Crippen LogP contribution in [0.3, 0.4) is 0 Å². The Bertz CT molecular complexity index is 420. The molecule has 6 heteroatoms. The van der Waals surface area contributed by atoms with Crippen molar-refractivity contribution in [2.75, 3.05) is 0 Å². The van der Waals surface area contributed by atoms with E-state index < -0.39 is 17.5 Å². The van der Waals surface area contributed by atoms with Gasteiger partial charge in [-0.1, -0.05) is 0 Å². The molecule has 0 amide bonds. The van der Waals surface area contributed by atoms with Crippen molar-refractivity contribution >= 4 is 0 Å². The molecule has 0 saturated carbocycles. The van der Waals surface area contributed by atoms with E-state index in [1.54, 1.807) is 0 Å². The summed E-state index contributed by atoms with van der Waals surface area (Å²) >= 11 is 0. The van der Waals surface area contributed by atoms with Gasteiger partial charge in [0, 0.05) is 12.6 Å². The molecule has 1 N–H and O–H groups in total. The third-order valence-corrected chi connectivity index (χ3v) is 3.01. The molecule has 16 heavy (non-hydrogen) atoms. The minimum Gasteiger partial charge on any atom is -0.384 e. The molecule has 0 aromatic carbocycles. The van der Waals surface area contributed by atoms with Crippen LogP contribution in [0.15, 0.2) is 0 Å². The molecular formula is C10H13F3N2O. The van der Waals surface area contributed by atoms with Gasteiger partial charge in [-0.15, -0.1) is 0 Å². The fourth-order valence-electron chi connectivity index (χ4n) is 2.43. The van der Waals surface area contributed by atoms with Gasteiger partial charge in [0.1, 0.15) is 5.60 Å². The van der Waals surface area contributed by atoms with Gasteiger partial charge >= 0.3 is 6.18 Å². The molecule has 1 aromatic rings. The number of hydrogen-bond acceptors (Lipinski definition) is 2. The van der Waals surface area contributed by atoms with Gasteiger partial charge in [0.25, 0.3) is 0 Å². The van der Waals surface area contributed by atoms with E-state index in [-0.39, 0.29) is 5.56 Å². The highest BCUT2D eigenvalue weighted by Crippen LogP contribution is 2.41. The minimum absolute atomic E-state index is 0.145. The second-order valence-electron chi connectivity index (χ2n) is 4.42. The Morgan fingerprint density at radius 2 is 2.06 bits per heavy atom. The summed E-state index contributed by atoms with van der Waals surface area (Å²) in [6.45, 7) is 1.53. The number of fused-ring (bicyclic) bond motifs is 1. The zero-order chi connectivity index (χ0) is 12.1. The normalized spacial score (nSPS) is 25.6. The van der Waals surface area contributed by atoms with Crippen molar-refractivity contribution in [1.82, 2.24) is 9.78 Å². The van der Waals surface area contributed by atoms with Crippen molar-refractivity contribution in [2.45, 2.75) is 38.0 Å². The van der Waals surface area contributed by atoms with Gasteiger partial charge in [0.15, 0.2) is 5.69 Å². The Morgan fingerprint density at radius 3 is 2.62 bits per heavy atom. The van der Waals surface area contributed by atoms with Crippen molar-refractivity contribution in [3.63, 3.8) is 0 Å². The molecule has 0 aliphatic heterocycles. The largest absolute Gasteiger partial charge is 0.435 e. The van der Waals surface area contributed by atoms with Crippen molar-refractivity contribution < 1.29 is 18.3 Å². The predicted molar refractivity (Wildman–Crippen MR) is 50.7 cm³/mol. The van der Waals surface area contributed by atoms with Crippen LogP contribution in [0.5, 0.6) is 0 Å². The van der Waals surface area contributed by atoms with Crippen molar-refractivity contribution in [1.29, 1.82) is 0 Å². The molecule has 0 fully saturated rings. The van der Waals surface area contributed by atoms with Gasteiger partial charge in [0.05, 0.1) is 5.69 Å². The molecule has 2 rings (SSSR count). The minimum atomic E-state index is -4.45. The zero-order valence-electron chi connectivity index (χ0n) is 9.10. The predicted octanol–water partition coefficient (Wildman–Crippen LogP) is 1.98. The standard InChI is InChI=1S/C10H13F3N2O/c1-9(16)5-3-4-6-7(10(11,12)13)14-15(2)8(6)9/h16H,3-5H2,1-2H3. The van der Waals surface area contributed by atoms with Gasteiger partial charge < -0.3 is 5.11 Å². The first kappa shape index (κ1) is 11.4. The molecule has 0 bridgehead atoms. The summed E-state index contributed by atoms with van der Waals surface area (Å²) in [6.07, 6.45) is -3.10. The summed E-state index contributed by atoms with van der Waals surface area (Å²) in [4.78, 5) is 0. The molecule has 0 saturated heterocycles. The average Bonchev–Trinajstić information content (AvgIpc) is 2.42. The van der Waals surface area contributed by atoms with E-state index in [1.807, 2.05) is 0 Å². The topological polar surface area (TPSA) is 38.0 Å². The van der Waals surface area contributed by atoms with Gasteiger partial charge in [-0.3, -0.25) is 4.68 Å². The summed E-state index contributed by atoms with van der Waals surface area (Å²) in [5.74, 6) is 0. The highest BCUT2D eigenvalue weighted by Gasteiger charge is 2.43. The molecule has 1 unspecified atom stereocenters. The van der Waals surface area contributed by atoms with Crippen LogP contribution in [0.1, 0.15) is 36.7 Å². The van der Waals surface area contributed by atoms with E-state index in [0.717, 1.165) is 4.68 Å². The molecule has 90 valence electrons.